The third kappa shape index (κ3) is 3.87. The largest absolute Gasteiger partial charge is 0.444 e. The number of benzene rings is 1. The molecule has 27 heavy (non-hydrogen) atoms. The van der Waals surface area contributed by atoms with Gasteiger partial charge in [-0.15, -0.1) is 0 Å². The Morgan fingerprint density at radius 1 is 1.41 bits per heavy atom. The number of aromatic nitrogens is 2. The number of nitrogens with zero attached hydrogens (tertiary/aromatic N) is 3. The highest BCUT2D eigenvalue weighted by molar-refractivity contribution is 7.91. The van der Waals surface area contributed by atoms with Crippen LogP contribution in [0.4, 0.5) is 10.5 Å². The van der Waals surface area contributed by atoms with E-state index >= 15 is 0 Å². The summed E-state index contributed by atoms with van der Waals surface area (Å²) in [4.78, 5) is 30.5. The molecule has 10 nitrogen and oxygen atoms in total. The first-order chi connectivity index (χ1) is 12.5. The quantitative estimate of drug-likeness (QED) is 0.621. The summed E-state index contributed by atoms with van der Waals surface area (Å²) in [5.41, 5.74) is -0.236. The van der Waals surface area contributed by atoms with E-state index in [9.17, 15) is 23.3 Å². The lowest BCUT2D eigenvalue weighted by Crippen LogP contribution is -2.36. The predicted octanol–water partition coefficient (Wildman–Crippen LogP) is 2.25. The van der Waals surface area contributed by atoms with Crippen LogP contribution in [0.25, 0.3) is 11.0 Å². The zero-order chi connectivity index (χ0) is 20.0. The van der Waals surface area contributed by atoms with E-state index in [4.69, 9.17) is 4.74 Å². The molecule has 1 atom stereocenters. The molecular formula is C16H20N4O6S. The van der Waals surface area contributed by atoms with Gasteiger partial charge in [0, 0.05) is 25.2 Å². The molecule has 0 aliphatic carbocycles. The average molecular weight is 396 g/mol. The molecule has 0 spiro atoms. The molecule has 2 aromatic rings. The van der Waals surface area contributed by atoms with Gasteiger partial charge in [-0.2, -0.15) is 0 Å². The van der Waals surface area contributed by atoms with Crippen molar-refractivity contribution < 1.29 is 22.9 Å². The molecular weight excluding hydrogens is 376 g/mol. The summed E-state index contributed by atoms with van der Waals surface area (Å²) in [7, 11) is -3.83. The molecule has 1 aliphatic rings. The topological polar surface area (TPSA) is 136 Å². The van der Waals surface area contributed by atoms with Crippen LogP contribution < -0.4 is 0 Å². The molecule has 0 saturated carbocycles. The van der Waals surface area contributed by atoms with Crippen LogP contribution in [-0.4, -0.2) is 58.2 Å². The van der Waals surface area contributed by atoms with Gasteiger partial charge in [-0.1, -0.05) is 0 Å². The fourth-order valence-electron chi connectivity index (χ4n) is 2.85. The van der Waals surface area contributed by atoms with E-state index in [1.807, 2.05) is 0 Å². The third-order valence-corrected chi connectivity index (χ3v) is 6.15. The molecule has 2 heterocycles. The first-order valence-electron chi connectivity index (χ1n) is 8.33. The smallest absolute Gasteiger partial charge is 0.410 e. The summed E-state index contributed by atoms with van der Waals surface area (Å²) in [5, 5.41) is 9.79. The Morgan fingerprint density at radius 2 is 2.11 bits per heavy atom. The normalized spacial score (nSPS) is 18.0. The van der Waals surface area contributed by atoms with Crippen LogP contribution in [0.5, 0.6) is 0 Å². The molecule has 1 aliphatic heterocycles. The van der Waals surface area contributed by atoms with Crippen molar-refractivity contribution in [2.45, 2.75) is 43.2 Å². The van der Waals surface area contributed by atoms with E-state index in [-0.39, 0.29) is 35.9 Å². The van der Waals surface area contributed by atoms with Gasteiger partial charge in [0.05, 0.1) is 21.2 Å². The molecule has 0 bridgehead atoms. The number of non-ortho nitro benzene ring substituents is 1. The Labute approximate surface area is 155 Å². The van der Waals surface area contributed by atoms with Gasteiger partial charge in [0.2, 0.25) is 15.0 Å². The van der Waals surface area contributed by atoms with Crippen molar-refractivity contribution in [3.8, 4) is 0 Å². The Bertz CT molecular complexity index is 1010. The van der Waals surface area contributed by atoms with Crippen LogP contribution in [-0.2, 0) is 14.6 Å². The predicted molar refractivity (Wildman–Crippen MR) is 96.1 cm³/mol. The lowest BCUT2D eigenvalue weighted by atomic mass is 10.2. The Hall–Kier alpha value is -2.69. The number of hydrogen-bond donors (Lipinski definition) is 1. The summed E-state index contributed by atoms with van der Waals surface area (Å²) in [6, 6.07) is 3.90. The monoisotopic (exact) mass is 396 g/mol. The maximum atomic E-state index is 12.9. The molecule has 146 valence electrons. The van der Waals surface area contributed by atoms with Gasteiger partial charge in [0.1, 0.15) is 5.60 Å². The SMILES string of the molecule is CC(C)(C)OC(=O)N1CC[C@H](S(=O)(=O)c2nc3ccc([N+](=O)[O-])cc3[nH]2)C1. The zero-order valence-corrected chi connectivity index (χ0v) is 15.9. The van der Waals surface area contributed by atoms with Gasteiger partial charge in [-0.05, 0) is 33.3 Å². The maximum absolute atomic E-state index is 12.9. The molecule has 3 rings (SSSR count). The number of nitrogens with one attached hydrogen (secondary N) is 1. The van der Waals surface area contributed by atoms with Crippen LogP contribution in [0, 0.1) is 10.1 Å². The van der Waals surface area contributed by atoms with Crippen molar-refractivity contribution in [1.29, 1.82) is 0 Å². The van der Waals surface area contributed by atoms with Gasteiger partial charge in [0.15, 0.2) is 0 Å². The van der Waals surface area contributed by atoms with Gasteiger partial charge in [0.25, 0.3) is 5.69 Å². The summed E-state index contributed by atoms with van der Waals surface area (Å²) in [5.74, 6) is 0. The number of ether oxygens (including phenoxy) is 1. The molecule has 1 aromatic carbocycles. The maximum Gasteiger partial charge on any atom is 0.410 e. The second-order valence-corrected chi connectivity index (χ2v) is 9.53. The summed E-state index contributed by atoms with van der Waals surface area (Å²) >= 11 is 0. The number of nitro benzene ring substituents is 1. The van der Waals surface area contributed by atoms with Crippen LogP contribution in [0.3, 0.4) is 0 Å². The average Bonchev–Trinajstić information content (AvgIpc) is 3.20. The van der Waals surface area contributed by atoms with E-state index in [1.54, 1.807) is 20.8 Å². The highest BCUT2D eigenvalue weighted by Crippen LogP contribution is 2.26. The van der Waals surface area contributed by atoms with Crippen LogP contribution >= 0.6 is 0 Å². The molecule has 0 radical (unpaired) electrons. The Kier molecular flexibility index (Phi) is 4.58. The van der Waals surface area contributed by atoms with E-state index in [0.717, 1.165) is 0 Å². The standard InChI is InChI=1S/C16H20N4O6S/c1-16(2,3)26-15(21)19-7-6-11(9-19)27(24,25)14-17-12-5-4-10(20(22)23)8-13(12)18-14/h4-5,8,11H,6-7,9H2,1-3H3,(H,17,18)/t11-/m0/s1. The minimum absolute atomic E-state index is 0.00837. The van der Waals surface area contributed by atoms with Gasteiger partial charge in [-0.25, -0.2) is 18.2 Å². The van der Waals surface area contributed by atoms with Crippen LogP contribution in [0.2, 0.25) is 0 Å². The van der Waals surface area contributed by atoms with Crippen molar-refractivity contribution in [3.05, 3.63) is 28.3 Å². The fraction of sp³-hybridized carbons (Fsp3) is 0.500. The van der Waals surface area contributed by atoms with Crippen molar-refractivity contribution in [3.63, 3.8) is 0 Å². The number of aromatic amines is 1. The second kappa shape index (κ2) is 6.48. The van der Waals surface area contributed by atoms with Crippen molar-refractivity contribution in [2.75, 3.05) is 13.1 Å². The molecule has 1 amide bonds. The number of nitro groups is 1. The Morgan fingerprint density at radius 3 is 2.74 bits per heavy atom. The number of H-pyrrole nitrogens is 1. The number of hydrogen-bond acceptors (Lipinski definition) is 7. The number of carbonyl (C=O) groups is 1. The molecule has 1 N–H and O–H groups in total. The number of imidazole rings is 1. The number of amides is 1. The van der Waals surface area contributed by atoms with Crippen molar-refractivity contribution in [1.82, 2.24) is 14.9 Å². The lowest BCUT2D eigenvalue weighted by Gasteiger charge is -2.24. The fourth-order valence-corrected chi connectivity index (χ4v) is 4.44. The molecule has 1 aromatic heterocycles. The minimum Gasteiger partial charge on any atom is -0.444 e. The first-order valence-corrected chi connectivity index (χ1v) is 9.88. The van der Waals surface area contributed by atoms with Gasteiger partial charge < -0.3 is 14.6 Å². The van der Waals surface area contributed by atoms with E-state index in [0.29, 0.717) is 5.52 Å². The minimum atomic E-state index is -3.83. The third-order valence-electron chi connectivity index (χ3n) is 4.16. The Balaban J connectivity index is 1.82. The zero-order valence-electron chi connectivity index (χ0n) is 15.1. The molecule has 1 fully saturated rings. The number of likely N-dealkylation sites (tertiary alicyclic amines) is 1. The summed E-state index contributed by atoms with van der Waals surface area (Å²) < 4.78 is 31.0. The van der Waals surface area contributed by atoms with Gasteiger partial charge >= 0.3 is 6.09 Å². The number of carbonyl (C=O) groups excluding carboxylic acids is 1. The molecule has 11 heteroatoms. The number of rotatable bonds is 3. The first kappa shape index (κ1) is 19.1. The molecule has 0 unspecified atom stereocenters. The van der Waals surface area contributed by atoms with E-state index < -0.39 is 31.7 Å². The van der Waals surface area contributed by atoms with E-state index in [2.05, 4.69) is 9.97 Å². The second-order valence-electron chi connectivity index (χ2n) is 7.38. The molecule has 1 saturated heterocycles. The van der Waals surface area contributed by atoms with Crippen molar-refractivity contribution >= 4 is 32.7 Å². The van der Waals surface area contributed by atoms with Crippen LogP contribution in [0.15, 0.2) is 23.4 Å². The highest BCUT2D eigenvalue weighted by atomic mass is 32.2. The van der Waals surface area contributed by atoms with E-state index in [1.165, 1.54) is 23.1 Å². The lowest BCUT2D eigenvalue weighted by molar-refractivity contribution is -0.384. The number of fused-ring (bicyclic) bond motifs is 1. The van der Waals surface area contributed by atoms with Gasteiger partial charge in [-0.3, -0.25) is 10.1 Å². The highest BCUT2D eigenvalue weighted by Gasteiger charge is 2.39. The number of sulfone groups is 1. The summed E-state index contributed by atoms with van der Waals surface area (Å²) in [6.07, 6.45) is -0.292. The van der Waals surface area contributed by atoms with Crippen LogP contribution in [0.1, 0.15) is 27.2 Å². The summed E-state index contributed by atoms with van der Waals surface area (Å²) in [6.45, 7) is 5.49. The van der Waals surface area contributed by atoms with Crippen molar-refractivity contribution in [2.24, 2.45) is 0 Å².